The fourth-order valence-electron chi connectivity index (χ4n) is 5.56. The SMILES string of the molecule is Cc1cc(C)c(S(=O)(=O)NC[C@]23C=C[C@H](O2)[C@H]2C(=O)N(Cc4ccccc4)C(=O)[C@H]23)c(C)c1. The molecule has 2 fully saturated rings. The van der Waals surface area contributed by atoms with Crippen molar-refractivity contribution in [2.75, 3.05) is 6.54 Å². The third-order valence-corrected chi connectivity index (χ3v) is 8.55. The highest BCUT2D eigenvalue weighted by Gasteiger charge is 2.67. The van der Waals surface area contributed by atoms with Gasteiger partial charge < -0.3 is 4.74 Å². The van der Waals surface area contributed by atoms with Crippen LogP contribution in [0.2, 0.25) is 0 Å². The zero-order chi connectivity index (χ0) is 23.5. The number of sulfonamides is 1. The molecular formula is C25H26N2O5S. The molecule has 172 valence electrons. The number of carbonyl (C=O) groups is 2. The molecule has 0 aliphatic carbocycles. The van der Waals surface area contributed by atoms with E-state index in [1.165, 1.54) is 4.90 Å². The van der Waals surface area contributed by atoms with Crippen molar-refractivity contribution in [1.29, 1.82) is 0 Å². The number of amides is 2. The number of hydrogen-bond acceptors (Lipinski definition) is 5. The average molecular weight is 467 g/mol. The van der Waals surface area contributed by atoms with E-state index >= 15 is 0 Å². The Morgan fingerprint density at radius 3 is 2.36 bits per heavy atom. The van der Waals surface area contributed by atoms with Gasteiger partial charge in [0.25, 0.3) is 0 Å². The molecule has 3 aliphatic rings. The van der Waals surface area contributed by atoms with Crippen LogP contribution in [0.15, 0.2) is 59.5 Å². The van der Waals surface area contributed by atoms with Crippen LogP contribution in [0.4, 0.5) is 0 Å². The summed E-state index contributed by atoms with van der Waals surface area (Å²) in [6.07, 6.45) is 2.99. The highest BCUT2D eigenvalue weighted by atomic mass is 32.2. The summed E-state index contributed by atoms with van der Waals surface area (Å²) in [6, 6.07) is 13.0. The number of aryl methyl sites for hydroxylation is 3. The molecule has 7 nitrogen and oxygen atoms in total. The minimum atomic E-state index is -3.85. The molecular weight excluding hydrogens is 440 g/mol. The zero-order valence-corrected chi connectivity index (χ0v) is 19.6. The van der Waals surface area contributed by atoms with Gasteiger partial charge in [0.2, 0.25) is 21.8 Å². The van der Waals surface area contributed by atoms with Gasteiger partial charge in [-0.1, -0.05) is 60.2 Å². The molecule has 4 atom stereocenters. The van der Waals surface area contributed by atoms with Gasteiger partial charge in [-0.25, -0.2) is 13.1 Å². The summed E-state index contributed by atoms with van der Waals surface area (Å²) < 4.78 is 35.1. The Morgan fingerprint density at radius 1 is 1.03 bits per heavy atom. The third-order valence-electron chi connectivity index (χ3n) is 6.84. The molecule has 3 heterocycles. The first-order valence-electron chi connectivity index (χ1n) is 11.0. The zero-order valence-electron chi connectivity index (χ0n) is 18.7. The Hall–Kier alpha value is -2.81. The first-order valence-corrected chi connectivity index (χ1v) is 12.5. The van der Waals surface area contributed by atoms with Crippen molar-refractivity contribution in [3.05, 3.63) is 76.9 Å². The molecule has 0 saturated carbocycles. The molecule has 2 aromatic rings. The molecule has 8 heteroatoms. The second kappa shape index (κ2) is 7.62. The summed E-state index contributed by atoms with van der Waals surface area (Å²) in [6.45, 7) is 5.53. The standard InChI is InChI=1S/C25H26N2O5S/c1-15-11-16(2)22(17(3)12-15)33(30,31)26-14-25-10-9-19(32-25)20-21(25)24(29)27(23(20)28)13-18-7-5-4-6-8-18/h4-12,19-21,26H,13-14H2,1-3H3/t19-,20+,21-,25-/m0/s1. The normalized spacial score (nSPS) is 28.1. The maximum absolute atomic E-state index is 13.4. The number of fused-ring (bicyclic) bond motifs is 5. The van der Waals surface area contributed by atoms with Gasteiger partial charge in [0, 0.05) is 6.54 Å². The van der Waals surface area contributed by atoms with Crippen LogP contribution in [0, 0.1) is 32.6 Å². The van der Waals surface area contributed by atoms with Crippen molar-refractivity contribution < 1.29 is 22.7 Å². The first-order chi connectivity index (χ1) is 15.6. The van der Waals surface area contributed by atoms with Crippen LogP contribution in [-0.2, 0) is 30.9 Å². The van der Waals surface area contributed by atoms with Crippen LogP contribution < -0.4 is 4.72 Å². The molecule has 0 radical (unpaired) electrons. The van der Waals surface area contributed by atoms with Crippen LogP contribution >= 0.6 is 0 Å². The number of imide groups is 1. The predicted molar refractivity (Wildman–Crippen MR) is 122 cm³/mol. The summed E-state index contributed by atoms with van der Waals surface area (Å²) >= 11 is 0. The molecule has 33 heavy (non-hydrogen) atoms. The monoisotopic (exact) mass is 466 g/mol. The van der Waals surface area contributed by atoms with Crippen LogP contribution in [0.25, 0.3) is 0 Å². The number of nitrogens with zero attached hydrogens (tertiary/aromatic N) is 1. The topological polar surface area (TPSA) is 92.8 Å². The van der Waals surface area contributed by atoms with E-state index in [-0.39, 0.29) is 29.8 Å². The third kappa shape index (κ3) is 3.44. The average Bonchev–Trinajstić information content (AvgIpc) is 3.39. The van der Waals surface area contributed by atoms with E-state index in [4.69, 9.17) is 4.74 Å². The number of likely N-dealkylation sites (tertiary alicyclic amines) is 1. The van der Waals surface area contributed by atoms with Gasteiger partial charge >= 0.3 is 0 Å². The van der Waals surface area contributed by atoms with Crippen molar-refractivity contribution in [3.8, 4) is 0 Å². The molecule has 0 aromatic heterocycles. The van der Waals surface area contributed by atoms with Gasteiger partial charge in [-0.3, -0.25) is 14.5 Å². The Bertz CT molecular complexity index is 1260. The van der Waals surface area contributed by atoms with E-state index in [2.05, 4.69) is 4.72 Å². The van der Waals surface area contributed by atoms with Crippen molar-refractivity contribution in [2.24, 2.45) is 11.8 Å². The maximum Gasteiger partial charge on any atom is 0.241 e. The second-order valence-electron chi connectivity index (χ2n) is 9.20. The lowest BCUT2D eigenvalue weighted by molar-refractivity contribution is -0.144. The molecule has 0 unspecified atom stereocenters. The number of hydrogen-bond donors (Lipinski definition) is 1. The van der Waals surface area contributed by atoms with E-state index in [0.29, 0.717) is 11.1 Å². The van der Waals surface area contributed by atoms with Gasteiger partial charge in [-0.2, -0.15) is 0 Å². The van der Waals surface area contributed by atoms with Crippen LogP contribution in [0.1, 0.15) is 22.3 Å². The number of benzene rings is 2. The highest BCUT2D eigenvalue weighted by molar-refractivity contribution is 7.89. The smallest absolute Gasteiger partial charge is 0.241 e. The molecule has 3 aliphatic heterocycles. The van der Waals surface area contributed by atoms with E-state index in [1.807, 2.05) is 49.4 Å². The number of carbonyl (C=O) groups excluding carboxylic acids is 2. The lowest BCUT2D eigenvalue weighted by Gasteiger charge is -2.29. The fraction of sp³-hybridized carbons (Fsp3) is 0.360. The van der Waals surface area contributed by atoms with Crippen LogP contribution in [-0.4, -0.2) is 43.4 Å². The number of ether oxygens (including phenoxy) is 1. The Labute approximate surface area is 193 Å². The lowest BCUT2D eigenvalue weighted by Crippen LogP contribution is -2.48. The molecule has 2 aromatic carbocycles. The Balaban J connectivity index is 1.40. The van der Waals surface area contributed by atoms with Crippen LogP contribution in [0.3, 0.4) is 0 Å². The Kier molecular flexibility index (Phi) is 5.08. The van der Waals surface area contributed by atoms with Crippen molar-refractivity contribution in [3.63, 3.8) is 0 Å². The maximum atomic E-state index is 13.4. The molecule has 2 saturated heterocycles. The van der Waals surface area contributed by atoms with Gasteiger partial charge in [0.05, 0.1) is 29.4 Å². The second-order valence-corrected chi connectivity index (χ2v) is 10.9. The summed E-state index contributed by atoms with van der Waals surface area (Å²) in [5, 5.41) is 0. The highest BCUT2D eigenvalue weighted by Crippen LogP contribution is 2.51. The number of rotatable bonds is 6. The molecule has 2 bridgehead atoms. The molecule has 1 N–H and O–H groups in total. The molecule has 0 spiro atoms. The molecule has 2 amide bonds. The summed E-state index contributed by atoms with van der Waals surface area (Å²) in [7, 11) is -3.85. The van der Waals surface area contributed by atoms with E-state index in [1.54, 1.807) is 26.0 Å². The van der Waals surface area contributed by atoms with E-state index < -0.39 is 33.6 Å². The minimum absolute atomic E-state index is 0.117. The van der Waals surface area contributed by atoms with Gasteiger partial charge in [0.1, 0.15) is 5.60 Å². The van der Waals surface area contributed by atoms with E-state index in [0.717, 1.165) is 11.1 Å². The predicted octanol–water partition coefficient (Wildman–Crippen LogP) is 2.40. The molecule has 5 rings (SSSR count). The first kappa shape index (κ1) is 22.0. The summed E-state index contributed by atoms with van der Waals surface area (Å²) in [5.74, 6) is -1.95. The quantitative estimate of drug-likeness (QED) is 0.521. The van der Waals surface area contributed by atoms with Crippen molar-refractivity contribution >= 4 is 21.8 Å². The summed E-state index contributed by atoms with van der Waals surface area (Å²) in [5.41, 5.74) is 1.99. The van der Waals surface area contributed by atoms with Crippen molar-refractivity contribution in [1.82, 2.24) is 9.62 Å². The number of nitrogens with one attached hydrogen (secondary N) is 1. The van der Waals surface area contributed by atoms with Gasteiger partial charge in [0.15, 0.2) is 0 Å². The van der Waals surface area contributed by atoms with Crippen molar-refractivity contribution in [2.45, 2.75) is 43.9 Å². The van der Waals surface area contributed by atoms with Gasteiger partial charge in [-0.05, 0) is 37.5 Å². The fourth-order valence-corrected chi connectivity index (χ4v) is 7.08. The lowest BCUT2D eigenvalue weighted by atomic mass is 9.77. The van der Waals surface area contributed by atoms with Gasteiger partial charge in [-0.15, -0.1) is 0 Å². The van der Waals surface area contributed by atoms with Crippen LogP contribution in [0.5, 0.6) is 0 Å². The summed E-state index contributed by atoms with van der Waals surface area (Å²) in [4.78, 5) is 28.0. The van der Waals surface area contributed by atoms with E-state index in [9.17, 15) is 18.0 Å². The largest absolute Gasteiger partial charge is 0.361 e. The Morgan fingerprint density at radius 2 is 1.70 bits per heavy atom. The minimum Gasteiger partial charge on any atom is -0.361 e.